The number of aliphatic hydroxyl groups excluding tert-OH is 6. The van der Waals surface area contributed by atoms with Gasteiger partial charge in [0.05, 0.1) is 50.5 Å². The van der Waals surface area contributed by atoms with Crippen LogP contribution >= 0.6 is 0 Å². The van der Waals surface area contributed by atoms with E-state index in [-0.39, 0.29) is 52.3 Å². The molecular weight excluding hydrogens is 630 g/mol. The summed E-state index contributed by atoms with van der Waals surface area (Å²) in [5.74, 6) is -2.74. The first kappa shape index (κ1) is 37.2. The van der Waals surface area contributed by atoms with Crippen LogP contribution in [-0.2, 0) is 50.1 Å². The van der Waals surface area contributed by atoms with Crippen LogP contribution in [0.4, 0.5) is 0 Å². The number of amides is 2. The van der Waals surface area contributed by atoms with Gasteiger partial charge < -0.3 is 55.5 Å². The molecule has 16 heteroatoms. The second-order valence-corrected chi connectivity index (χ2v) is 11.8. The van der Waals surface area contributed by atoms with Crippen molar-refractivity contribution in [2.24, 2.45) is 17.0 Å². The molecule has 2 aromatic carbocycles. The van der Waals surface area contributed by atoms with Crippen molar-refractivity contribution in [1.82, 2.24) is 10.6 Å². The fourth-order valence-electron chi connectivity index (χ4n) is 5.84. The SMILES string of the molecule is [N-]=[N+]=NCCO[C@@H]1C[C@@H](C(=O)NCc2ccc(CO)cc2)[C@H](C(=O)NCc2ccc(CO)cc2)CC1O[C@H]1O[C@H](CO)[C@@H](O)[C@H](O)[C@@H]1O. The Balaban J connectivity index is 1.56. The van der Waals surface area contributed by atoms with Crippen molar-refractivity contribution in [3.05, 3.63) is 81.2 Å². The molecule has 0 spiro atoms. The average Bonchev–Trinajstić information content (AvgIpc) is 3.12. The lowest BCUT2D eigenvalue weighted by atomic mass is 9.75. The Morgan fingerprint density at radius 3 is 1.77 bits per heavy atom. The van der Waals surface area contributed by atoms with E-state index in [1.807, 2.05) is 0 Å². The molecule has 9 atom stereocenters. The molecule has 0 radical (unpaired) electrons. The summed E-state index contributed by atoms with van der Waals surface area (Å²) in [5, 5.41) is 68.7. The summed E-state index contributed by atoms with van der Waals surface area (Å²) in [6, 6.07) is 14.0. The number of azide groups is 1. The number of nitrogens with zero attached hydrogens (tertiary/aromatic N) is 3. The minimum atomic E-state index is -1.71. The highest BCUT2D eigenvalue weighted by Crippen LogP contribution is 2.36. The molecule has 1 aliphatic carbocycles. The number of benzene rings is 2. The summed E-state index contributed by atoms with van der Waals surface area (Å²) in [6.07, 6.45) is -9.71. The third kappa shape index (κ3) is 9.70. The molecule has 48 heavy (non-hydrogen) atoms. The maximum absolute atomic E-state index is 13.8. The van der Waals surface area contributed by atoms with Crippen LogP contribution in [0, 0.1) is 11.8 Å². The largest absolute Gasteiger partial charge is 0.394 e. The minimum absolute atomic E-state index is 0.0169. The van der Waals surface area contributed by atoms with Gasteiger partial charge in [-0.2, -0.15) is 0 Å². The van der Waals surface area contributed by atoms with Gasteiger partial charge in [-0.3, -0.25) is 9.59 Å². The molecule has 2 aromatic rings. The van der Waals surface area contributed by atoms with E-state index < -0.39 is 73.2 Å². The predicted octanol–water partition coefficient (Wildman–Crippen LogP) is -0.489. The monoisotopic (exact) mass is 673 g/mol. The fraction of sp³-hybridized carbons (Fsp3) is 0.562. The van der Waals surface area contributed by atoms with Gasteiger partial charge in [-0.25, -0.2) is 0 Å². The maximum atomic E-state index is 13.8. The molecule has 2 aliphatic rings. The molecular formula is C32H43N5O11. The zero-order valence-electron chi connectivity index (χ0n) is 26.2. The number of carbonyl (C=O) groups excluding carboxylic acids is 2. The Morgan fingerprint density at radius 1 is 0.792 bits per heavy atom. The molecule has 262 valence electrons. The zero-order valence-corrected chi connectivity index (χ0v) is 26.2. The molecule has 1 unspecified atom stereocenters. The van der Waals surface area contributed by atoms with Crippen molar-refractivity contribution < 1.29 is 54.4 Å². The Bertz CT molecular complexity index is 1370. The lowest BCUT2D eigenvalue weighted by Gasteiger charge is -2.44. The first-order chi connectivity index (χ1) is 23.2. The molecule has 1 aliphatic heterocycles. The standard InChI is InChI=1S/C32H43N5O11/c33-37-36-9-10-46-24-11-22(30(44)34-13-18-1-5-20(15-38)6-2-18)23(31(45)35-14-19-3-7-21(16-39)8-4-19)12-25(24)47-32-29(43)28(42)27(41)26(17-40)48-32/h1-8,22-29,32,38-43H,9-17H2,(H,34,44)(H,35,45)/t22-,23-,24-,25?,26-,27-,28+,29+,32+/m1/s1. The van der Waals surface area contributed by atoms with Gasteiger partial charge in [0.25, 0.3) is 0 Å². The van der Waals surface area contributed by atoms with E-state index in [1.165, 1.54) is 0 Å². The van der Waals surface area contributed by atoms with Gasteiger partial charge in [0, 0.05) is 24.5 Å². The Kier molecular flexibility index (Phi) is 14.1. The van der Waals surface area contributed by atoms with Crippen molar-refractivity contribution in [3.63, 3.8) is 0 Å². The van der Waals surface area contributed by atoms with Crippen molar-refractivity contribution >= 4 is 11.8 Å². The normalized spacial score (nSPS) is 28.7. The number of nitrogens with one attached hydrogen (secondary N) is 2. The van der Waals surface area contributed by atoms with Crippen molar-refractivity contribution in [2.45, 2.75) is 82.1 Å². The molecule has 4 rings (SSSR count). The second kappa shape index (κ2) is 18.2. The molecule has 2 amide bonds. The van der Waals surface area contributed by atoms with Gasteiger partial charge in [-0.05, 0) is 40.6 Å². The first-order valence-corrected chi connectivity index (χ1v) is 15.7. The van der Waals surface area contributed by atoms with E-state index in [4.69, 9.17) is 19.7 Å². The number of hydrogen-bond acceptors (Lipinski definition) is 12. The van der Waals surface area contributed by atoms with Crippen LogP contribution < -0.4 is 10.6 Å². The molecule has 16 nitrogen and oxygen atoms in total. The highest BCUT2D eigenvalue weighted by atomic mass is 16.7. The van der Waals surface area contributed by atoms with Crippen LogP contribution in [0.25, 0.3) is 10.4 Å². The van der Waals surface area contributed by atoms with E-state index in [0.717, 1.165) is 11.1 Å². The van der Waals surface area contributed by atoms with Crippen LogP contribution in [0.5, 0.6) is 0 Å². The van der Waals surface area contributed by atoms with Gasteiger partial charge in [0.2, 0.25) is 11.8 Å². The van der Waals surface area contributed by atoms with Crippen LogP contribution in [0.3, 0.4) is 0 Å². The Labute approximate surface area is 276 Å². The minimum Gasteiger partial charge on any atom is -0.394 e. The van der Waals surface area contributed by atoms with Gasteiger partial charge in [0.1, 0.15) is 24.4 Å². The summed E-state index contributed by atoms with van der Waals surface area (Å²) in [5.41, 5.74) is 11.7. The predicted molar refractivity (Wildman–Crippen MR) is 167 cm³/mol. The van der Waals surface area contributed by atoms with Gasteiger partial charge in [-0.1, -0.05) is 53.6 Å². The van der Waals surface area contributed by atoms with Crippen molar-refractivity contribution in [3.8, 4) is 0 Å². The number of aliphatic hydroxyl groups is 6. The summed E-state index contributed by atoms with van der Waals surface area (Å²) in [4.78, 5) is 30.2. The van der Waals surface area contributed by atoms with Gasteiger partial charge in [0.15, 0.2) is 6.29 Å². The smallest absolute Gasteiger partial charge is 0.224 e. The second-order valence-electron chi connectivity index (χ2n) is 11.8. The quantitative estimate of drug-likeness (QED) is 0.0518. The Hall–Kier alpha value is -3.67. The Morgan fingerprint density at radius 2 is 1.29 bits per heavy atom. The van der Waals surface area contributed by atoms with E-state index >= 15 is 0 Å². The lowest BCUT2D eigenvalue weighted by Crippen LogP contribution is -2.61. The molecule has 2 fully saturated rings. The lowest BCUT2D eigenvalue weighted by molar-refractivity contribution is -0.321. The molecule has 1 saturated heterocycles. The summed E-state index contributed by atoms with van der Waals surface area (Å²) in [6.45, 7) is -0.702. The van der Waals surface area contributed by atoms with Gasteiger partial charge >= 0.3 is 0 Å². The molecule has 1 saturated carbocycles. The number of rotatable bonds is 15. The summed E-state index contributed by atoms with van der Waals surface area (Å²) < 4.78 is 17.6. The highest BCUT2D eigenvalue weighted by Gasteiger charge is 2.49. The van der Waals surface area contributed by atoms with Crippen LogP contribution in [-0.4, -0.2) is 105 Å². The molecule has 8 N–H and O–H groups in total. The third-order valence-electron chi connectivity index (χ3n) is 8.63. The van der Waals surface area contributed by atoms with E-state index in [0.29, 0.717) is 11.1 Å². The number of carbonyl (C=O) groups is 2. The first-order valence-electron chi connectivity index (χ1n) is 15.7. The highest BCUT2D eigenvalue weighted by molar-refractivity contribution is 5.88. The van der Waals surface area contributed by atoms with Crippen LogP contribution in [0.15, 0.2) is 53.6 Å². The maximum Gasteiger partial charge on any atom is 0.224 e. The molecule has 1 heterocycles. The summed E-state index contributed by atoms with van der Waals surface area (Å²) >= 11 is 0. The zero-order chi connectivity index (χ0) is 34.6. The summed E-state index contributed by atoms with van der Waals surface area (Å²) in [7, 11) is 0. The van der Waals surface area contributed by atoms with Crippen molar-refractivity contribution in [1.29, 1.82) is 0 Å². The van der Waals surface area contributed by atoms with Gasteiger partial charge in [-0.15, -0.1) is 0 Å². The fourth-order valence-corrected chi connectivity index (χ4v) is 5.84. The van der Waals surface area contributed by atoms with E-state index in [1.54, 1.807) is 48.5 Å². The third-order valence-corrected chi connectivity index (χ3v) is 8.63. The van der Waals surface area contributed by atoms with E-state index in [9.17, 15) is 40.2 Å². The van der Waals surface area contributed by atoms with Crippen LogP contribution in [0.2, 0.25) is 0 Å². The molecule has 0 bridgehead atoms. The van der Waals surface area contributed by atoms with Crippen molar-refractivity contribution in [2.75, 3.05) is 19.8 Å². The number of hydrogen-bond donors (Lipinski definition) is 8. The average molecular weight is 674 g/mol. The topological polar surface area (TPSA) is 256 Å². The number of ether oxygens (including phenoxy) is 3. The van der Waals surface area contributed by atoms with E-state index in [2.05, 4.69) is 20.7 Å². The van der Waals surface area contributed by atoms with Crippen LogP contribution in [0.1, 0.15) is 35.1 Å². The molecule has 0 aromatic heterocycles.